The Balaban J connectivity index is 1.99. The molecule has 19 heavy (non-hydrogen) atoms. The molecule has 2 amide bonds. The summed E-state index contributed by atoms with van der Waals surface area (Å²) in [7, 11) is 0. The number of amides is 2. The minimum Gasteiger partial charge on any atom is -0.355 e. The van der Waals surface area contributed by atoms with Crippen molar-refractivity contribution in [3.05, 3.63) is 35.8 Å². The highest BCUT2D eigenvalue weighted by molar-refractivity contribution is 5.92. The van der Waals surface area contributed by atoms with E-state index in [1.165, 1.54) is 6.92 Å². The van der Waals surface area contributed by atoms with Crippen molar-refractivity contribution in [2.75, 3.05) is 13.1 Å². The third kappa shape index (κ3) is 3.31. The number of hydrogen-bond donors (Lipinski definition) is 2. The summed E-state index contributed by atoms with van der Waals surface area (Å²) < 4.78 is 1.82. The van der Waals surface area contributed by atoms with E-state index < -0.39 is 0 Å². The smallest absolute Gasteiger partial charge is 0.271 e. The number of aryl methyl sites for hydroxylation is 1. The molecule has 0 atom stereocenters. The van der Waals surface area contributed by atoms with E-state index in [0.29, 0.717) is 18.8 Å². The summed E-state index contributed by atoms with van der Waals surface area (Å²) in [5.74, 6) is -0.357. The van der Waals surface area contributed by atoms with Crippen molar-refractivity contribution in [3.8, 4) is 0 Å². The van der Waals surface area contributed by atoms with Gasteiger partial charge >= 0.3 is 0 Å². The van der Waals surface area contributed by atoms with Crippen LogP contribution >= 0.6 is 0 Å². The van der Waals surface area contributed by atoms with Gasteiger partial charge in [-0.25, -0.2) is 4.98 Å². The van der Waals surface area contributed by atoms with Crippen molar-refractivity contribution in [1.29, 1.82) is 0 Å². The summed E-state index contributed by atoms with van der Waals surface area (Å²) in [6, 6.07) is 3.81. The van der Waals surface area contributed by atoms with Crippen LogP contribution in [0.25, 0.3) is 5.65 Å². The van der Waals surface area contributed by atoms with Crippen LogP contribution in [-0.2, 0) is 4.79 Å². The molecule has 0 fully saturated rings. The van der Waals surface area contributed by atoms with Crippen LogP contribution in [0.15, 0.2) is 24.5 Å². The highest BCUT2D eigenvalue weighted by Crippen LogP contribution is 2.06. The van der Waals surface area contributed by atoms with Crippen molar-refractivity contribution in [2.45, 2.75) is 13.8 Å². The van der Waals surface area contributed by atoms with Gasteiger partial charge in [-0.1, -0.05) is 6.07 Å². The van der Waals surface area contributed by atoms with Gasteiger partial charge in [0.15, 0.2) is 0 Å². The van der Waals surface area contributed by atoms with E-state index in [4.69, 9.17) is 0 Å². The van der Waals surface area contributed by atoms with Gasteiger partial charge in [-0.05, 0) is 18.6 Å². The Bertz CT molecular complexity index is 618. The lowest BCUT2D eigenvalue weighted by molar-refractivity contribution is -0.118. The molecule has 0 saturated heterocycles. The second-order valence-corrected chi connectivity index (χ2v) is 4.34. The highest BCUT2D eigenvalue weighted by atomic mass is 16.2. The number of pyridine rings is 1. The minimum absolute atomic E-state index is 0.113. The first kappa shape index (κ1) is 13.1. The summed E-state index contributed by atoms with van der Waals surface area (Å²) in [6.07, 6.45) is 3.60. The molecular weight excluding hydrogens is 244 g/mol. The molecule has 100 valence electrons. The van der Waals surface area contributed by atoms with E-state index in [0.717, 1.165) is 11.2 Å². The van der Waals surface area contributed by atoms with Crippen LogP contribution in [0.3, 0.4) is 0 Å². The fourth-order valence-electron chi connectivity index (χ4n) is 1.72. The number of nitrogens with one attached hydrogen (secondary N) is 2. The Kier molecular flexibility index (Phi) is 3.79. The number of rotatable bonds is 4. The van der Waals surface area contributed by atoms with Gasteiger partial charge in [0.25, 0.3) is 5.91 Å². The number of hydrogen-bond acceptors (Lipinski definition) is 3. The van der Waals surface area contributed by atoms with Gasteiger partial charge in [-0.3, -0.25) is 9.59 Å². The van der Waals surface area contributed by atoms with Crippen LogP contribution in [0.1, 0.15) is 23.0 Å². The van der Waals surface area contributed by atoms with Crippen molar-refractivity contribution in [1.82, 2.24) is 20.0 Å². The van der Waals surface area contributed by atoms with E-state index in [1.54, 1.807) is 6.20 Å². The quantitative estimate of drug-likeness (QED) is 0.786. The normalized spacial score (nSPS) is 10.4. The first-order valence-electron chi connectivity index (χ1n) is 6.04. The van der Waals surface area contributed by atoms with Gasteiger partial charge in [0.05, 0.1) is 0 Å². The molecule has 0 aliphatic rings. The molecule has 0 radical (unpaired) electrons. The molecule has 6 nitrogen and oxygen atoms in total. The molecule has 0 aromatic carbocycles. The van der Waals surface area contributed by atoms with Crippen molar-refractivity contribution in [2.24, 2.45) is 0 Å². The van der Waals surface area contributed by atoms with Crippen LogP contribution in [0.2, 0.25) is 0 Å². The maximum absolute atomic E-state index is 11.8. The largest absolute Gasteiger partial charge is 0.355 e. The number of nitrogens with zero attached hydrogens (tertiary/aromatic N) is 2. The Labute approximate surface area is 110 Å². The van der Waals surface area contributed by atoms with Crippen LogP contribution in [-0.4, -0.2) is 34.3 Å². The summed E-state index contributed by atoms with van der Waals surface area (Å²) in [6.45, 7) is 4.21. The molecular formula is C13H16N4O2. The Morgan fingerprint density at radius 3 is 2.68 bits per heavy atom. The molecule has 2 aromatic rings. The molecule has 0 bridgehead atoms. The van der Waals surface area contributed by atoms with E-state index in [-0.39, 0.29) is 11.8 Å². The van der Waals surface area contributed by atoms with Crippen LogP contribution < -0.4 is 10.6 Å². The zero-order valence-electron chi connectivity index (χ0n) is 10.9. The monoisotopic (exact) mass is 260 g/mol. The summed E-state index contributed by atoms with van der Waals surface area (Å²) in [5.41, 5.74) is 2.20. The van der Waals surface area contributed by atoms with Gasteiger partial charge in [0.1, 0.15) is 11.3 Å². The lowest BCUT2D eigenvalue weighted by atomic mass is 10.3. The predicted molar refractivity (Wildman–Crippen MR) is 70.9 cm³/mol. The molecule has 2 aromatic heterocycles. The zero-order valence-corrected chi connectivity index (χ0v) is 10.9. The lowest BCUT2D eigenvalue weighted by Gasteiger charge is -2.03. The van der Waals surface area contributed by atoms with Crippen LogP contribution in [0.5, 0.6) is 0 Å². The van der Waals surface area contributed by atoms with E-state index in [1.807, 2.05) is 29.7 Å². The standard InChI is InChI=1S/C13H16N4O2/c1-9-3-4-12-16-11(8-17(12)7-9)13(19)15-6-5-14-10(2)18/h3-4,7-8H,5-6H2,1-2H3,(H,14,18)(H,15,19). The summed E-state index contributed by atoms with van der Waals surface area (Å²) >= 11 is 0. The maximum Gasteiger partial charge on any atom is 0.271 e. The fourth-order valence-corrected chi connectivity index (χ4v) is 1.72. The summed E-state index contributed by atoms with van der Waals surface area (Å²) in [5, 5.41) is 5.31. The maximum atomic E-state index is 11.8. The van der Waals surface area contributed by atoms with Gasteiger partial charge in [0.2, 0.25) is 5.91 Å². The highest BCUT2D eigenvalue weighted by Gasteiger charge is 2.09. The number of carbonyl (C=O) groups excluding carboxylic acids is 2. The average molecular weight is 260 g/mol. The van der Waals surface area contributed by atoms with Crippen molar-refractivity contribution < 1.29 is 9.59 Å². The van der Waals surface area contributed by atoms with Crippen LogP contribution in [0, 0.1) is 6.92 Å². The lowest BCUT2D eigenvalue weighted by Crippen LogP contribution is -2.33. The first-order chi connectivity index (χ1) is 9.06. The average Bonchev–Trinajstić information content (AvgIpc) is 2.77. The van der Waals surface area contributed by atoms with Gasteiger partial charge in [0, 0.05) is 32.4 Å². The van der Waals surface area contributed by atoms with Gasteiger partial charge in [-0.15, -0.1) is 0 Å². The van der Waals surface area contributed by atoms with Crippen LogP contribution in [0.4, 0.5) is 0 Å². The van der Waals surface area contributed by atoms with Crippen molar-refractivity contribution >= 4 is 17.5 Å². The molecule has 2 rings (SSSR count). The number of carbonyl (C=O) groups is 2. The molecule has 2 N–H and O–H groups in total. The predicted octanol–water partition coefficient (Wildman–Crippen LogP) is 0.509. The zero-order chi connectivity index (χ0) is 13.8. The third-order valence-electron chi connectivity index (χ3n) is 2.62. The van der Waals surface area contributed by atoms with Crippen molar-refractivity contribution in [3.63, 3.8) is 0 Å². The molecule has 0 unspecified atom stereocenters. The number of fused-ring (bicyclic) bond motifs is 1. The molecule has 0 saturated carbocycles. The topological polar surface area (TPSA) is 75.5 Å². The SMILES string of the molecule is CC(=O)NCCNC(=O)c1cn2cc(C)ccc2n1. The molecule has 0 aliphatic carbocycles. The first-order valence-corrected chi connectivity index (χ1v) is 6.04. The molecule has 0 spiro atoms. The Morgan fingerprint density at radius 2 is 1.95 bits per heavy atom. The number of imidazole rings is 1. The second-order valence-electron chi connectivity index (χ2n) is 4.34. The fraction of sp³-hybridized carbons (Fsp3) is 0.308. The van der Waals surface area contributed by atoms with E-state index in [9.17, 15) is 9.59 Å². The van der Waals surface area contributed by atoms with E-state index in [2.05, 4.69) is 15.6 Å². The minimum atomic E-state index is -0.244. The molecule has 0 aliphatic heterocycles. The van der Waals surface area contributed by atoms with Gasteiger partial charge in [-0.2, -0.15) is 0 Å². The van der Waals surface area contributed by atoms with Gasteiger partial charge < -0.3 is 15.0 Å². The Hall–Kier alpha value is -2.37. The third-order valence-corrected chi connectivity index (χ3v) is 2.62. The Morgan fingerprint density at radius 1 is 1.21 bits per heavy atom. The van der Waals surface area contributed by atoms with E-state index >= 15 is 0 Å². The molecule has 2 heterocycles. The number of aromatic nitrogens is 2. The summed E-state index contributed by atoms with van der Waals surface area (Å²) in [4.78, 5) is 26.7. The second kappa shape index (κ2) is 5.51. The molecule has 6 heteroatoms.